The van der Waals surface area contributed by atoms with Gasteiger partial charge < -0.3 is 4.74 Å². The van der Waals surface area contributed by atoms with Crippen LogP contribution in [0.4, 0.5) is 0 Å². The Labute approximate surface area is 102 Å². The Balaban J connectivity index is 2.65. The molecule has 0 aromatic carbocycles. The molecule has 0 N–H and O–H groups in total. The number of esters is 1. The van der Waals surface area contributed by atoms with E-state index in [9.17, 15) is 13.2 Å². The number of hydrogen-bond acceptors (Lipinski definition) is 6. The van der Waals surface area contributed by atoms with Crippen LogP contribution in [0.5, 0.6) is 0 Å². The van der Waals surface area contributed by atoms with E-state index in [1.54, 1.807) is 6.92 Å². The first kappa shape index (κ1) is 14.4. The first-order valence-electron chi connectivity index (χ1n) is 5.66. The molecule has 0 aromatic heterocycles. The summed E-state index contributed by atoms with van der Waals surface area (Å²) in [6.07, 6.45) is 0.917. The van der Waals surface area contributed by atoms with Gasteiger partial charge in [-0.3, -0.25) is 13.9 Å². The van der Waals surface area contributed by atoms with Gasteiger partial charge in [0.2, 0.25) is 0 Å². The van der Waals surface area contributed by atoms with Crippen molar-refractivity contribution in [1.29, 1.82) is 0 Å². The maximum absolute atomic E-state index is 11.7. The molecule has 0 spiro atoms. The normalized spacial score (nSPS) is 26.1. The number of rotatable bonds is 5. The lowest BCUT2D eigenvalue weighted by molar-refractivity contribution is -0.148. The van der Waals surface area contributed by atoms with Crippen molar-refractivity contribution in [2.75, 3.05) is 26.0 Å². The van der Waals surface area contributed by atoms with Crippen LogP contribution in [0.15, 0.2) is 0 Å². The van der Waals surface area contributed by atoms with E-state index in [2.05, 4.69) is 0 Å². The van der Waals surface area contributed by atoms with Gasteiger partial charge in [-0.05, 0) is 13.5 Å². The molecule has 1 rings (SSSR count). The van der Waals surface area contributed by atoms with Gasteiger partial charge in [0.1, 0.15) is 6.04 Å². The zero-order valence-corrected chi connectivity index (χ0v) is 11.2. The van der Waals surface area contributed by atoms with E-state index in [-0.39, 0.29) is 5.97 Å². The standard InChI is InChI=1S/C10H19NO5S/c1-4-11-7-8(16-17(3,13)14)6-9(11)10(12)15-5-2/h8-9H,4-7H2,1-3H3. The maximum Gasteiger partial charge on any atom is 0.323 e. The van der Waals surface area contributed by atoms with Crippen molar-refractivity contribution in [1.82, 2.24) is 4.90 Å². The highest BCUT2D eigenvalue weighted by atomic mass is 32.2. The van der Waals surface area contributed by atoms with Gasteiger partial charge in [0, 0.05) is 13.0 Å². The minimum Gasteiger partial charge on any atom is -0.465 e. The molecule has 6 nitrogen and oxygen atoms in total. The molecule has 7 heteroatoms. The summed E-state index contributed by atoms with van der Waals surface area (Å²) in [5, 5.41) is 0. The highest BCUT2D eigenvalue weighted by Gasteiger charge is 2.38. The van der Waals surface area contributed by atoms with Crippen molar-refractivity contribution >= 4 is 16.1 Å². The summed E-state index contributed by atoms with van der Waals surface area (Å²) in [6.45, 7) is 5.08. The third kappa shape index (κ3) is 4.25. The highest BCUT2D eigenvalue weighted by molar-refractivity contribution is 7.86. The van der Waals surface area contributed by atoms with Crippen LogP contribution in [0.25, 0.3) is 0 Å². The van der Waals surface area contributed by atoms with Crippen LogP contribution in [0.1, 0.15) is 20.3 Å². The number of nitrogens with zero attached hydrogens (tertiary/aromatic N) is 1. The minimum absolute atomic E-state index is 0.311. The molecule has 17 heavy (non-hydrogen) atoms. The van der Waals surface area contributed by atoms with Gasteiger partial charge in [0.25, 0.3) is 10.1 Å². The number of carbonyl (C=O) groups is 1. The Hall–Kier alpha value is -0.660. The summed E-state index contributed by atoms with van der Waals surface area (Å²) in [5.41, 5.74) is 0. The summed E-state index contributed by atoms with van der Waals surface area (Å²) in [5.74, 6) is -0.311. The summed E-state index contributed by atoms with van der Waals surface area (Å²) in [4.78, 5) is 13.5. The van der Waals surface area contributed by atoms with Gasteiger partial charge >= 0.3 is 5.97 Å². The molecule has 0 saturated carbocycles. The van der Waals surface area contributed by atoms with Crippen molar-refractivity contribution in [2.24, 2.45) is 0 Å². The third-order valence-electron chi connectivity index (χ3n) is 2.64. The Morgan fingerprint density at radius 1 is 1.41 bits per heavy atom. The molecular formula is C10H19NO5S. The average molecular weight is 265 g/mol. The molecule has 0 bridgehead atoms. The van der Waals surface area contributed by atoms with E-state index in [1.807, 2.05) is 11.8 Å². The van der Waals surface area contributed by atoms with Gasteiger partial charge in [-0.1, -0.05) is 6.92 Å². The fraction of sp³-hybridized carbons (Fsp3) is 0.900. The van der Waals surface area contributed by atoms with Crippen LogP contribution in [0.3, 0.4) is 0 Å². The second kappa shape index (κ2) is 5.79. The lowest BCUT2D eigenvalue weighted by Crippen LogP contribution is -2.37. The predicted molar refractivity (Wildman–Crippen MR) is 62.0 cm³/mol. The second-order valence-electron chi connectivity index (χ2n) is 4.01. The second-order valence-corrected chi connectivity index (χ2v) is 5.61. The molecule has 1 aliphatic heterocycles. The van der Waals surface area contributed by atoms with Gasteiger partial charge in [0.15, 0.2) is 0 Å². The molecule has 100 valence electrons. The Kier molecular flexibility index (Phi) is 4.91. The summed E-state index contributed by atoms with van der Waals surface area (Å²) in [6, 6.07) is -0.397. The van der Waals surface area contributed by atoms with Crippen molar-refractivity contribution in [3.05, 3.63) is 0 Å². The van der Waals surface area contributed by atoms with Crippen LogP contribution in [-0.4, -0.2) is 57.4 Å². The van der Waals surface area contributed by atoms with Gasteiger partial charge in [-0.15, -0.1) is 0 Å². The topological polar surface area (TPSA) is 72.9 Å². The quantitative estimate of drug-likeness (QED) is 0.514. The lowest BCUT2D eigenvalue weighted by atomic mass is 10.2. The van der Waals surface area contributed by atoms with Crippen molar-refractivity contribution in [3.63, 3.8) is 0 Å². The zero-order valence-electron chi connectivity index (χ0n) is 10.4. The number of hydrogen-bond donors (Lipinski definition) is 0. The lowest BCUT2D eigenvalue weighted by Gasteiger charge is -2.20. The average Bonchev–Trinajstić information content (AvgIpc) is 2.58. The molecule has 0 radical (unpaired) electrons. The summed E-state index contributed by atoms with van der Waals surface area (Å²) in [7, 11) is -3.48. The van der Waals surface area contributed by atoms with E-state index in [4.69, 9.17) is 8.92 Å². The van der Waals surface area contributed by atoms with Crippen molar-refractivity contribution < 1.29 is 22.1 Å². The Morgan fingerprint density at radius 3 is 2.53 bits per heavy atom. The number of carbonyl (C=O) groups excluding carboxylic acids is 1. The number of likely N-dealkylation sites (tertiary alicyclic amines) is 1. The van der Waals surface area contributed by atoms with E-state index in [1.165, 1.54) is 0 Å². The summed E-state index contributed by atoms with van der Waals surface area (Å²) < 4.78 is 31.9. The van der Waals surface area contributed by atoms with Crippen LogP contribution in [-0.2, 0) is 23.8 Å². The van der Waals surface area contributed by atoms with Crippen LogP contribution < -0.4 is 0 Å². The van der Waals surface area contributed by atoms with E-state index in [0.717, 1.165) is 6.26 Å². The highest BCUT2D eigenvalue weighted by Crippen LogP contribution is 2.22. The molecule has 1 heterocycles. The Bertz CT molecular complexity index is 367. The van der Waals surface area contributed by atoms with Crippen molar-refractivity contribution in [2.45, 2.75) is 32.4 Å². The van der Waals surface area contributed by atoms with Gasteiger partial charge in [0.05, 0.1) is 19.0 Å². The molecule has 1 fully saturated rings. The number of likely N-dealkylation sites (N-methyl/N-ethyl adjacent to an activating group) is 1. The SMILES string of the molecule is CCOC(=O)C1CC(OS(C)(=O)=O)CN1CC. The summed E-state index contributed by atoms with van der Waals surface area (Å²) >= 11 is 0. The van der Waals surface area contributed by atoms with E-state index >= 15 is 0 Å². The van der Waals surface area contributed by atoms with E-state index < -0.39 is 22.3 Å². The van der Waals surface area contributed by atoms with Crippen molar-refractivity contribution in [3.8, 4) is 0 Å². The van der Waals surface area contributed by atoms with Gasteiger partial charge in [-0.25, -0.2) is 0 Å². The van der Waals surface area contributed by atoms with Crippen LogP contribution >= 0.6 is 0 Å². The molecule has 2 unspecified atom stereocenters. The van der Waals surface area contributed by atoms with Crippen LogP contribution in [0.2, 0.25) is 0 Å². The fourth-order valence-corrected chi connectivity index (χ4v) is 2.65. The van der Waals surface area contributed by atoms with Crippen LogP contribution in [0, 0.1) is 0 Å². The van der Waals surface area contributed by atoms with Gasteiger partial charge in [-0.2, -0.15) is 8.42 Å². The molecule has 0 aliphatic carbocycles. The Morgan fingerprint density at radius 2 is 2.06 bits per heavy atom. The molecule has 1 aliphatic rings. The minimum atomic E-state index is -3.48. The monoisotopic (exact) mass is 265 g/mol. The molecule has 0 aromatic rings. The number of ether oxygens (including phenoxy) is 1. The molecule has 1 saturated heterocycles. The fourth-order valence-electron chi connectivity index (χ4n) is 2.01. The smallest absolute Gasteiger partial charge is 0.323 e. The van der Waals surface area contributed by atoms with E-state index in [0.29, 0.717) is 26.1 Å². The maximum atomic E-state index is 11.7. The third-order valence-corrected chi connectivity index (χ3v) is 3.26. The first-order chi connectivity index (χ1) is 7.87. The zero-order chi connectivity index (χ0) is 13.1. The molecule has 0 amide bonds. The first-order valence-corrected chi connectivity index (χ1v) is 7.48. The molecule has 2 atom stereocenters. The molecular weight excluding hydrogens is 246 g/mol. The predicted octanol–water partition coefficient (Wildman–Crippen LogP) is -0.0115. The largest absolute Gasteiger partial charge is 0.465 e.